The lowest BCUT2D eigenvalue weighted by molar-refractivity contribution is 0.0799. The molecule has 1 aliphatic rings. The van der Waals surface area contributed by atoms with Crippen LogP contribution in [0.3, 0.4) is 0 Å². The third-order valence-electron chi connectivity index (χ3n) is 4.68. The average molecular weight is 412 g/mol. The number of piperazine rings is 1. The number of hydrogen-bond acceptors (Lipinski definition) is 6. The second-order valence-electron chi connectivity index (χ2n) is 6.75. The first-order valence-electron chi connectivity index (χ1n) is 8.79. The summed E-state index contributed by atoms with van der Waals surface area (Å²) in [4.78, 5) is 3.91. The molecule has 1 aliphatic heterocycles. The second kappa shape index (κ2) is 8.58. The quantitative estimate of drug-likeness (QED) is 0.628. The van der Waals surface area contributed by atoms with E-state index < -0.39 is 39.8 Å². The molecule has 10 heteroatoms. The Morgan fingerprint density at radius 1 is 1.32 bits per heavy atom. The summed E-state index contributed by atoms with van der Waals surface area (Å²) in [6.45, 7) is 0.594. The fraction of sp³-hybridized carbons (Fsp3) is 0.389. The first-order chi connectivity index (χ1) is 13.3. The molecule has 1 fully saturated rings. The Labute approximate surface area is 162 Å². The number of nitrogens with two attached hydrogens (primary N) is 1. The molecule has 0 saturated carbocycles. The second-order valence-corrected chi connectivity index (χ2v) is 8.69. The van der Waals surface area contributed by atoms with Crippen LogP contribution in [-0.4, -0.2) is 60.6 Å². The van der Waals surface area contributed by atoms with Gasteiger partial charge in [0.15, 0.2) is 0 Å². The largest absolute Gasteiger partial charge is 0.390 e. The first-order valence-corrected chi connectivity index (χ1v) is 10.2. The number of aliphatic hydroxyl groups excluding tert-OH is 1. The van der Waals surface area contributed by atoms with Gasteiger partial charge in [0.1, 0.15) is 16.5 Å². The van der Waals surface area contributed by atoms with Gasteiger partial charge in [-0.05, 0) is 36.2 Å². The van der Waals surface area contributed by atoms with E-state index in [1.165, 1.54) is 28.8 Å². The molecule has 7 nitrogen and oxygen atoms in total. The van der Waals surface area contributed by atoms with Crippen LogP contribution in [0, 0.1) is 11.6 Å². The molecule has 1 aromatic heterocycles. The lowest BCUT2D eigenvalue weighted by Gasteiger charge is -2.37. The number of halogens is 2. The maximum absolute atomic E-state index is 13.3. The summed E-state index contributed by atoms with van der Waals surface area (Å²) >= 11 is 0. The fourth-order valence-electron chi connectivity index (χ4n) is 3.27. The van der Waals surface area contributed by atoms with Gasteiger partial charge in [-0.15, -0.1) is 0 Å². The highest BCUT2D eigenvalue weighted by molar-refractivity contribution is 7.89. The Morgan fingerprint density at radius 2 is 2.04 bits per heavy atom. The number of nitrogens with zero attached hydrogens (tertiary/aromatic N) is 2. The highest BCUT2D eigenvalue weighted by Crippen LogP contribution is 2.18. The normalized spacial score (nSPS) is 20.6. The summed E-state index contributed by atoms with van der Waals surface area (Å²) in [5.41, 5.74) is 6.35. The topological polar surface area (TPSA) is 109 Å². The molecule has 0 aliphatic carbocycles. The Bertz CT molecular complexity index is 894. The van der Waals surface area contributed by atoms with Gasteiger partial charge in [0.05, 0.1) is 6.10 Å². The Balaban J connectivity index is 1.69. The van der Waals surface area contributed by atoms with Gasteiger partial charge in [0.25, 0.3) is 0 Å². The molecular formula is C18H22F2N4O3S. The molecule has 0 radical (unpaired) electrons. The molecule has 1 unspecified atom stereocenters. The van der Waals surface area contributed by atoms with Gasteiger partial charge in [-0.2, -0.15) is 4.31 Å². The molecule has 1 saturated heterocycles. The van der Waals surface area contributed by atoms with E-state index in [1.807, 2.05) is 0 Å². The van der Waals surface area contributed by atoms with Crippen LogP contribution >= 0.6 is 0 Å². The van der Waals surface area contributed by atoms with Gasteiger partial charge in [-0.3, -0.25) is 4.98 Å². The summed E-state index contributed by atoms with van der Waals surface area (Å²) < 4.78 is 53.5. The van der Waals surface area contributed by atoms with Crippen molar-refractivity contribution in [2.24, 2.45) is 5.73 Å². The van der Waals surface area contributed by atoms with E-state index in [4.69, 9.17) is 5.73 Å². The van der Waals surface area contributed by atoms with Crippen LogP contribution in [0.25, 0.3) is 0 Å². The van der Waals surface area contributed by atoms with Gasteiger partial charge >= 0.3 is 0 Å². The van der Waals surface area contributed by atoms with Gasteiger partial charge in [-0.1, -0.05) is 0 Å². The summed E-state index contributed by atoms with van der Waals surface area (Å²) in [5, 5.41) is 13.6. The highest BCUT2D eigenvalue weighted by Gasteiger charge is 2.35. The summed E-state index contributed by atoms with van der Waals surface area (Å²) in [6, 6.07) is 4.62. The Morgan fingerprint density at radius 3 is 2.68 bits per heavy atom. The maximum Gasteiger partial charge on any atom is 0.244 e. The molecule has 4 N–H and O–H groups in total. The van der Waals surface area contributed by atoms with Crippen molar-refractivity contribution >= 4 is 10.0 Å². The zero-order chi connectivity index (χ0) is 20.3. The summed E-state index contributed by atoms with van der Waals surface area (Å²) in [7, 11) is -3.74. The molecule has 0 amide bonds. The van der Waals surface area contributed by atoms with E-state index >= 15 is 0 Å². The molecule has 1 aromatic carbocycles. The number of sulfonamides is 1. The number of benzene rings is 1. The van der Waals surface area contributed by atoms with Gasteiger partial charge in [0.2, 0.25) is 10.0 Å². The van der Waals surface area contributed by atoms with Crippen molar-refractivity contribution in [1.82, 2.24) is 14.6 Å². The van der Waals surface area contributed by atoms with Crippen LogP contribution in [0.4, 0.5) is 8.78 Å². The fourth-order valence-corrected chi connectivity index (χ4v) is 4.70. The van der Waals surface area contributed by atoms with Crippen LogP contribution < -0.4 is 11.1 Å². The van der Waals surface area contributed by atoms with Crippen molar-refractivity contribution in [3.63, 3.8) is 0 Å². The number of rotatable bonds is 6. The maximum atomic E-state index is 13.3. The molecule has 0 bridgehead atoms. The average Bonchev–Trinajstić information content (AvgIpc) is 2.67. The number of pyridine rings is 1. The molecule has 0 spiro atoms. The van der Waals surface area contributed by atoms with Crippen molar-refractivity contribution in [2.45, 2.75) is 29.5 Å². The molecule has 3 rings (SSSR count). The van der Waals surface area contributed by atoms with Crippen molar-refractivity contribution in [3.8, 4) is 0 Å². The minimum atomic E-state index is -3.74. The van der Waals surface area contributed by atoms with Crippen LogP contribution in [0.2, 0.25) is 0 Å². The lowest BCUT2D eigenvalue weighted by atomic mass is 9.96. The van der Waals surface area contributed by atoms with E-state index in [1.54, 1.807) is 0 Å². The molecule has 152 valence electrons. The molecule has 2 heterocycles. The van der Waals surface area contributed by atoms with E-state index in [0.29, 0.717) is 12.1 Å². The van der Waals surface area contributed by atoms with Crippen molar-refractivity contribution < 1.29 is 22.3 Å². The van der Waals surface area contributed by atoms with E-state index in [2.05, 4.69) is 10.3 Å². The highest BCUT2D eigenvalue weighted by atomic mass is 32.2. The molecular weight excluding hydrogens is 390 g/mol. The van der Waals surface area contributed by atoms with E-state index in [0.717, 1.165) is 18.2 Å². The molecule has 28 heavy (non-hydrogen) atoms. The van der Waals surface area contributed by atoms with E-state index in [-0.39, 0.29) is 24.4 Å². The van der Waals surface area contributed by atoms with Crippen LogP contribution in [-0.2, 0) is 16.4 Å². The van der Waals surface area contributed by atoms with E-state index in [9.17, 15) is 22.3 Å². The molecule has 3 atom stereocenters. The van der Waals surface area contributed by atoms with Crippen LogP contribution in [0.1, 0.15) is 5.56 Å². The summed E-state index contributed by atoms with van der Waals surface area (Å²) in [6.07, 6.45) is 1.69. The minimum Gasteiger partial charge on any atom is -0.390 e. The minimum absolute atomic E-state index is 0.0175. The Kier molecular flexibility index (Phi) is 6.36. The number of nitrogens with one attached hydrogen (secondary N) is 1. The van der Waals surface area contributed by atoms with Crippen molar-refractivity contribution in [3.05, 3.63) is 59.9 Å². The SMILES string of the molecule is N[C@@H](Cc1cc(F)cc(F)c1)[C@H](O)C1CN(S(=O)(=O)c2cccnc2)CCN1. The first kappa shape index (κ1) is 20.7. The monoisotopic (exact) mass is 412 g/mol. The van der Waals surface area contributed by atoms with Gasteiger partial charge in [-0.25, -0.2) is 17.2 Å². The number of hydrogen-bond donors (Lipinski definition) is 3. The van der Waals surface area contributed by atoms with Crippen molar-refractivity contribution in [2.75, 3.05) is 19.6 Å². The summed E-state index contributed by atoms with van der Waals surface area (Å²) in [5.74, 6) is -1.44. The Hall–Kier alpha value is -1.98. The third kappa shape index (κ3) is 4.70. The number of aromatic nitrogens is 1. The predicted molar refractivity (Wildman–Crippen MR) is 98.8 cm³/mol. The standard InChI is InChI=1S/C18H22F2N4O3S/c19-13-6-12(7-14(20)9-13)8-16(21)18(25)17-11-24(5-4-23-17)28(26,27)15-2-1-3-22-10-15/h1-3,6-7,9-10,16-18,23,25H,4-5,8,11,21H2/t16-,17?,18-/m0/s1. The lowest BCUT2D eigenvalue weighted by Crippen LogP contribution is -2.60. The van der Waals surface area contributed by atoms with Crippen molar-refractivity contribution in [1.29, 1.82) is 0 Å². The van der Waals surface area contributed by atoms with Crippen LogP contribution in [0.5, 0.6) is 0 Å². The zero-order valence-electron chi connectivity index (χ0n) is 15.0. The van der Waals surface area contributed by atoms with Crippen LogP contribution in [0.15, 0.2) is 47.6 Å². The van der Waals surface area contributed by atoms with Gasteiger partial charge < -0.3 is 16.2 Å². The predicted octanol–water partition coefficient (Wildman–Crippen LogP) is 0.253. The van der Waals surface area contributed by atoms with Gasteiger partial charge in [0, 0.05) is 50.2 Å². The zero-order valence-corrected chi connectivity index (χ0v) is 15.8. The number of aliphatic hydroxyl groups is 1. The smallest absolute Gasteiger partial charge is 0.244 e. The third-order valence-corrected chi connectivity index (χ3v) is 6.53. The molecule has 2 aromatic rings.